The Kier molecular flexibility index (Phi) is 9.05. The van der Waals surface area contributed by atoms with Crippen LogP contribution in [-0.2, 0) is 4.79 Å². The SMILES string of the molecule is CC(=O)SCCC[N+](C)(C)C.[I-]. The lowest BCUT2D eigenvalue weighted by Gasteiger charge is -2.23. The number of halogens is 1. The van der Waals surface area contributed by atoms with Gasteiger partial charge in [-0.15, -0.1) is 0 Å². The van der Waals surface area contributed by atoms with Crippen molar-refractivity contribution in [3.63, 3.8) is 0 Å². The van der Waals surface area contributed by atoms with E-state index < -0.39 is 0 Å². The maximum Gasteiger partial charge on any atom is 0.185 e. The fourth-order valence-electron chi connectivity index (χ4n) is 0.755. The lowest BCUT2D eigenvalue weighted by atomic mass is 10.4. The van der Waals surface area contributed by atoms with Gasteiger partial charge in [0.05, 0.1) is 27.7 Å². The first-order valence-electron chi connectivity index (χ1n) is 3.85. The minimum Gasteiger partial charge on any atom is -1.00 e. The second-order valence-corrected chi connectivity index (χ2v) is 4.98. The van der Waals surface area contributed by atoms with E-state index >= 15 is 0 Å². The molecule has 0 amide bonds. The molecule has 12 heavy (non-hydrogen) atoms. The van der Waals surface area contributed by atoms with Gasteiger partial charge in [0, 0.05) is 19.1 Å². The summed E-state index contributed by atoms with van der Waals surface area (Å²) in [5, 5.41) is 0.228. The van der Waals surface area contributed by atoms with Gasteiger partial charge in [0.2, 0.25) is 0 Å². The third-order valence-electron chi connectivity index (χ3n) is 1.28. The summed E-state index contributed by atoms with van der Waals surface area (Å²) < 4.78 is 0.985. The number of quaternary nitrogens is 1. The van der Waals surface area contributed by atoms with Crippen molar-refractivity contribution >= 4 is 16.9 Å². The van der Waals surface area contributed by atoms with Crippen LogP contribution in [0.2, 0.25) is 0 Å². The van der Waals surface area contributed by atoms with Gasteiger partial charge < -0.3 is 28.5 Å². The number of hydrogen-bond donors (Lipinski definition) is 0. The summed E-state index contributed by atoms with van der Waals surface area (Å²) >= 11 is 1.42. The van der Waals surface area contributed by atoms with Crippen LogP contribution in [0.4, 0.5) is 0 Å². The summed E-state index contributed by atoms with van der Waals surface area (Å²) in [5.41, 5.74) is 0. The molecule has 0 aliphatic rings. The van der Waals surface area contributed by atoms with E-state index in [0.29, 0.717) is 0 Å². The Morgan fingerprint density at radius 1 is 1.33 bits per heavy atom. The Bertz CT molecular complexity index is 134. The normalized spacial score (nSPS) is 10.7. The molecule has 0 aromatic heterocycles. The standard InChI is InChI=1S/C8H18NOS.HI/c1-8(10)11-7-5-6-9(2,3)4;/h5-7H2,1-4H3;1H/q+1;/p-1. The van der Waals surface area contributed by atoms with Crippen molar-refractivity contribution in [3.05, 3.63) is 0 Å². The molecule has 74 valence electrons. The lowest BCUT2D eigenvalue weighted by molar-refractivity contribution is -0.870. The van der Waals surface area contributed by atoms with Crippen LogP contribution in [0.1, 0.15) is 13.3 Å². The number of thioether (sulfide) groups is 1. The van der Waals surface area contributed by atoms with Crippen molar-refractivity contribution in [1.82, 2.24) is 0 Å². The van der Waals surface area contributed by atoms with E-state index in [4.69, 9.17) is 0 Å². The highest BCUT2D eigenvalue weighted by Gasteiger charge is 2.05. The molecule has 0 rings (SSSR count). The van der Waals surface area contributed by atoms with Gasteiger partial charge in [-0.25, -0.2) is 0 Å². The number of carbonyl (C=O) groups is 1. The Balaban J connectivity index is 0. The molecule has 0 atom stereocenters. The van der Waals surface area contributed by atoms with Gasteiger partial charge in [0.25, 0.3) is 0 Å². The van der Waals surface area contributed by atoms with Crippen molar-refractivity contribution in [2.45, 2.75) is 13.3 Å². The molecule has 0 saturated heterocycles. The van der Waals surface area contributed by atoms with Gasteiger partial charge in [0.15, 0.2) is 5.12 Å². The molecule has 0 saturated carbocycles. The maximum absolute atomic E-state index is 10.5. The fourth-order valence-corrected chi connectivity index (χ4v) is 1.32. The number of rotatable bonds is 4. The zero-order chi connectivity index (χ0) is 8.91. The van der Waals surface area contributed by atoms with E-state index in [-0.39, 0.29) is 29.1 Å². The monoisotopic (exact) mass is 303 g/mol. The maximum atomic E-state index is 10.5. The number of nitrogens with zero attached hydrogens (tertiary/aromatic N) is 1. The second-order valence-electron chi connectivity index (χ2n) is 3.71. The van der Waals surface area contributed by atoms with Crippen molar-refractivity contribution in [1.29, 1.82) is 0 Å². The third-order valence-corrected chi connectivity index (χ3v) is 2.18. The predicted octanol–water partition coefficient (Wildman–Crippen LogP) is -1.63. The summed E-state index contributed by atoms with van der Waals surface area (Å²) in [7, 11) is 6.50. The number of hydrogen-bond acceptors (Lipinski definition) is 2. The minimum atomic E-state index is 0. The van der Waals surface area contributed by atoms with Crippen LogP contribution in [-0.4, -0.2) is 43.0 Å². The molecular weight excluding hydrogens is 285 g/mol. The van der Waals surface area contributed by atoms with Gasteiger partial charge >= 0.3 is 0 Å². The summed E-state index contributed by atoms with van der Waals surface area (Å²) in [6.07, 6.45) is 1.12. The Morgan fingerprint density at radius 2 is 1.83 bits per heavy atom. The zero-order valence-corrected chi connectivity index (χ0v) is 11.2. The molecule has 0 N–H and O–H groups in total. The summed E-state index contributed by atoms with van der Waals surface area (Å²) in [5.74, 6) is 0.963. The van der Waals surface area contributed by atoms with E-state index in [2.05, 4.69) is 21.1 Å². The van der Waals surface area contributed by atoms with Crippen LogP contribution in [0.15, 0.2) is 0 Å². The highest BCUT2D eigenvalue weighted by Crippen LogP contribution is 2.04. The molecule has 0 fully saturated rings. The molecule has 4 heteroatoms. The van der Waals surface area contributed by atoms with Crippen molar-refractivity contribution in [2.75, 3.05) is 33.4 Å². The van der Waals surface area contributed by atoms with Gasteiger partial charge in [-0.3, -0.25) is 4.79 Å². The average Bonchev–Trinajstić information content (AvgIpc) is 1.78. The second kappa shape index (κ2) is 7.15. The molecule has 0 spiro atoms. The summed E-state index contributed by atoms with van der Waals surface area (Å²) in [6.45, 7) is 2.76. The van der Waals surface area contributed by atoms with Crippen molar-refractivity contribution in [3.8, 4) is 0 Å². The molecule has 0 unspecified atom stereocenters. The van der Waals surface area contributed by atoms with E-state index in [1.807, 2.05) is 0 Å². The van der Waals surface area contributed by atoms with Crippen LogP contribution < -0.4 is 24.0 Å². The van der Waals surface area contributed by atoms with Gasteiger partial charge in [-0.05, 0) is 0 Å². The van der Waals surface area contributed by atoms with Gasteiger partial charge in [-0.2, -0.15) is 0 Å². The fraction of sp³-hybridized carbons (Fsp3) is 0.875. The Labute approximate surface area is 96.7 Å². The molecule has 0 aromatic carbocycles. The van der Waals surface area contributed by atoms with E-state index in [9.17, 15) is 4.79 Å². The van der Waals surface area contributed by atoms with E-state index in [1.54, 1.807) is 6.92 Å². The van der Waals surface area contributed by atoms with Gasteiger partial charge in [0.1, 0.15) is 0 Å². The lowest BCUT2D eigenvalue weighted by Crippen LogP contribution is -3.00. The van der Waals surface area contributed by atoms with Crippen molar-refractivity contribution < 1.29 is 33.3 Å². The van der Waals surface area contributed by atoms with Crippen LogP contribution in [0.3, 0.4) is 0 Å². The molecular formula is C8H18INOS. The Hall–Kier alpha value is 0.710. The van der Waals surface area contributed by atoms with E-state index in [1.165, 1.54) is 11.8 Å². The van der Waals surface area contributed by atoms with Crippen molar-refractivity contribution in [2.24, 2.45) is 0 Å². The van der Waals surface area contributed by atoms with Crippen LogP contribution in [0.25, 0.3) is 0 Å². The Morgan fingerprint density at radius 3 is 2.17 bits per heavy atom. The average molecular weight is 303 g/mol. The predicted molar refractivity (Wildman–Crippen MR) is 50.7 cm³/mol. The summed E-state index contributed by atoms with van der Waals surface area (Å²) in [4.78, 5) is 10.5. The molecule has 0 heterocycles. The smallest absolute Gasteiger partial charge is 0.185 e. The quantitative estimate of drug-likeness (QED) is 0.352. The molecule has 2 nitrogen and oxygen atoms in total. The first kappa shape index (κ1) is 15.2. The largest absolute Gasteiger partial charge is 1.00 e. The van der Waals surface area contributed by atoms with Crippen LogP contribution in [0, 0.1) is 0 Å². The highest BCUT2D eigenvalue weighted by molar-refractivity contribution is 8.13. The third kappa shape index (κ3) is 13.3. The molecule has 0 bridgehead atoms. The molecule has 0 radical (unpaired) electrons. The van der Waals surface area contributed by atoms with E-state index in [0.717, 1.165) is 23.2 Å². The van der Waals surface area contributed by atoms with Crippen LogP contribution in [0.5, 0.6) is 0 Å². The summed E-state index contributed by atoms with van der Waals surface area (Å²) in [6, 6.07) is 0. The molecule has 0 aliphatic carbocycles. The molecule has 0 aliphatic heterocycles. The number of carbonyl (C=O) groups excluding carboxylic acids is 1. The first-order chi connectivity index (χ1) is 4.92. The van der Waals surface area contributed by atoms with Crippen LogP contribution >= 0.6 is 11.8 Å². The highest BCUT2D eigenvalue weighted by atomic mass is 127. The zero-order valence-electron chi connectivity index (χ0n) is 8.26. The van der Waals surface area contributed by atoms with Gasteiger partial charge in [-0.1, -0.05) is 11.8 Å². The first-order valence-corrected chi connectivity index (χ1v) is 4.84. The molecule has 0 aromatic rings. The topological polar surface area (TPSA) is 17.1 Å². The minimum absolute atomic E-state index is 0.